The van der Waals surface area contributed by atoms with Gasteiger partial charge >= 0.3 is 5.97 Å². The van der Waals surface area contributed by atoms with Crippen molar-refractivity contribution >= 4 is 17.6 Å². The SMILES string of the molecule is COc1ccccc1NC(=O)[C@H](C)OC(=O)CC(C)(C)C. The number of anilines is 1. The summed E-state index contributed by atoms with van der Waals surface area (Å²) in [5.74, 6) is -0.217. The summed E-state index contributed by atoms with van der Waals surface area (Å²) in [5, 5.41) is 2.69. The van der Waals surface area contributed by atoms with Crippen LogP contribution in [0, 0.1) is 5.41 Å². The van der Waals surface area contributed by atoms with Gasteiger partial charge in [0.05, 0.1) is 19.2 Å². The van der Waals surface area contributed by atoms with Crippen molar-refractivity contribution in [2.45, 2.75) is 40.2 Å². The Morgan fingerprint density at radius 2 is 1.86 bits per heavy atom. The summed E-state index contributed by atoms with van der Waals surface area (Å²) in [4.78, 5) is 23.8. The number of hydrogen-bond donors (Lipinski definition) is 1. The van der Waals surface area contributed by atoms with Gasteiger partial charge in [-0.3, -0.25) is 9.59 Å². The smallest absolute Gasteiger partial charge is 0.307 e. The summed E-state index contributed by atoms with van der Waals surface area (Å²) in [7, 11) is 1.53. The molecule has 0 saturated carbocycles. The first-order chi connectivity index (χ1) is 9.73. The molecule has 0 aliphatic heterocycles. The molecule has 0 aliphatic rings. The highest BCUT2D eigenvalue weighted by atomic mass is 16.5. The quantitative estimate of drug-likeness (QED) is 0.848. The van der Waals surface area contributed by atoms with Crippen molar-refractivity contribution in [3.8, 4) is 5.75 Å². The molecule has 1 rings (SSSR count). The first-order valence-electron chi connectivity index (χ1n) is 6.86. The van der Waals surface area contributed by atoms with Crippen LogP contribution >= 0.6 is 0 Å². The zero-order chi connectivity index (χ0) is 16.0. The molecule has 0 bridgehead atoms. The molecule has 0 unspecified atom stereocenters. The van der Waals surface area contributed by atoms with E-state index < -0.39 is 6.10 Å². The van der Waals surface area contributed by atoms with Crippen molar-refractivity contribution in [2.24, 2.45) is 5.41 Å². The van der Waals surface area contributed by atoms with Gasteiger partial charge in [0.2, 0.25) is 0 Å². The second-order valence-electron chi connectivity index (χ2n) is 6.06. The van der Waals surface area contributed by atoms with E-state index in [2.05, 4.69) is 5.32 Å². The van der Waals surface area contributed by atoms with Gasteiger partial charge in [-0.1, -0.05) is 32.9 Å². The van der Waals surface area contributed by atoms with Crippen LogP contribution in [0.2, 0.25) is 0 Å². The summed E-state index contributed by atoms with van der Waals surface area (Å²) in [6.45, 7) is 7.36. The molecule has 0 aliphatic carbocycles. The van der Waals surface area contributed by atoms with Gasteiger partial charge in [-0.2, -0.15) is 0 Å². The lowest BCUT2D eigenvalue weighted by atomic mass is 9.92. The van der Waals surface area contributed by atoms with Crippen molar-refractivity contribution in [3.63, 3.8) is 0 Å². The van der Waals surface area contributed by atoms with Crippen LogP contribution in [0.15, 0.2) is 24.3 Å². The molecule has 0 fully saturated rings. The molecule has 0 saturated heterocycles. The molecule has 1 atom stereocenters. The fourth-order valence-corrected chi connectivity index (χ4v) is 1.71. The molecule has 1 aromatic rings. The number of carbonyl (C=O) groups is 2. The number of nitrogens with one attached hydrogen (secondary N) is 1. The molecular formula is C16H23NO4. The van der Waals surface area contributed by atoms with E-state index in [9.17, 15) is 9.59 Å². The summed E-state index contributed by atoms with van der Waals surface area (Å²) >= 11 is 0. The average Bonchev–Trinajstić information content (AvgIpc) is 2.36. The second kappa shape index (κ2) is 7.11. The van der Waals surface area contributed by atoms with Gasteiger partial charge in [0.1, 0.15) is 5.75 Å². The van der Waals surface area contributed by atoms with E-state index in [1.807, 2.05) is 20.8 Å². The lowest BCUT2D eigenvalue weighted by Gasteiger charge is -2.19. The Kier molecular flexibility index (Phi) is 5.76. The number of benzene rings is 1. The maximum atomic E-state index is 12.0. The largest absolute Gasteiger partial charge is 0.495 e. The van der Waals surface area contributed by atoms with E-state index in [1.54, 1.807) is 31.2 Å². The van der Waals surface area contributed by atoms with Crippen LogP contribution in [0.4, 0.5) is 5.69 Å². The predicted octanol–water partition coefficient (Wildman–Crippen LogP) is 3.00. The van der Waals surface area contributed by atoms with Crippen LogP contribution in [-0.2, 0) is 14.3 Å². The van der Waals surface area contributed by atoms with Crippen LogP contribution in [0.25, 0.3) is 0 Å². The highest BCUT2D eigenvalue weighted by Crippen LogP contribution is 2.23. The Balaban J connectivity index is 2.61. The lowest BCUT2D eigenvalue weighted by molar-refractivity contribution is -0.154. The van der Waals surface area contributed by atoms with E-state index in [0.29, 0.717) is 11.4 Å². The van der Waals surface area contributed by atoms with Crippen LogP contribution in [-0.4, -0.2) is 25.1 Å². The van der Waals surface area contributed by atoms with Crippen molar-refractivity contribution < 1.29 is 19.1 Å². The van der Waals surface area contributed by atoms with Gasteiger partial charge in [0, 0.05) is 0 Å². The van der Waals surface area contributed by atoms with Crippen LogP contribution in [0.1, 0.15) is 34.1 Å². The minimum absolute atomic E-state index is 0.171. The number of amides is 1. The lowest BCUT2D eigenvalue weighted by Crippen LogP contribution is -2.31. The Bertz CT molecular complexity index is 505. The molecule has 1 amide bonds. The van der Waals surface area contributed by atoms with Crippen LogP contribution in [0.5, 0.6) is 5.75 Å². The Hall–Kier alpha value is -2.04. The third-order valence-corrected chi connectivity index (χ3v) is 2.72. The first kappa shape index (κ1) is 17.0. The van der Waals surface area contributed by atoms with Gasteiger partial charge in [-0.25, -0.2) is 0 Å². The molecule has 116 valence electrons. The number of rotatable bonds is 5. The average molecular weight is 293 g/mol. The highest BCUT2D eigenvalue weighted by Gasteiger charge is 2.22. The van der Waals surface area contributed by atoms with E-state index in [1.165, 1.54) is 7.11 Å². The van der Waals surface area contributed by atoms with Gasteiger partial charge in [0.15, 0.2) is 6.10 Å². The van der Waals surface area contributed by atoms with Gasteiger partial charge < -0.3 is 14.8 Å². The minimum Gasteiger partial charge on any atom is -0.495 e. The normalized spacial score (nSPS) is 12.4. The molecule has 5 heteroatoms. The van der Waals surface area contributed by atoms with E-state index in [4.69, 9.17) is 9.47 Å². The fraction of sp³-hybridized carbons (Fsp3) is 0.500. The van der Waals surface area contributed by atoms with Crippen molar-refractivity contribution in [1.29, 1.82) is 0 Å². The Labute approximate surface area is 125 Å². The first-order valence-corrected chi connectivity index (χ1v) is 6.86. The van der Waals surface area contributed by atoms with Crippen molar-refractivity contribution in [1.82, 2.24) is 0 Å². The van der Waals surface area contributed by atoms with Crippen LogP contribution in [0.3, 0.4) is 0 Å². The molecule has 0 radical (unpaired) electrons. The number of para-hydroxylation sites is 2. The summed E-state index contributed by atoms with van der Waals surface area (Å²) in [6, 6.07) is 7.06. The second-order valence-corrected chi connectivity index (χ2v) is 6.06. The molecule has 0 aromatic heterocycles. The fourth-order valence-electron chi connectivity index (χ4n) is 1.71. The van der Waals surface area contributed by atoms with E-state index >= 15 is 0 Å². The number of ether oxygens (including phenoxy) is 2. The van der Waals surface area contributed by atoms with Gasteiger partial charge in [0.25, 0.3) is 5.91 Å². The zero-order valence-corrected chi connectivity index (χ0v) is 13.2. The summed E-state index contributed by atoms with van der Waals surface area (Å²) < 4.78 is 10.3. The number of hydrogen-bond acceptors (Lipinski definition) is 4. The Morgan fingerprint density at radius 3 is 2.43 bits per heavy atom. The predicted molar refractivity (Wildman–Crippen MR) is 81.2 cm³/mol. The molecule has 5 nitrogen and oxygen atoms in total. The minimum atomic E-state index is -0.857. The van der Waals surface area contributed by atoms with E-state index in [0.717, 1.165) is 0 Å². The molecular weight excluding hydrogens is 270 g/mol. The Morgan fingerprint density at radius 1 is 1.24 bits per heavy atom. The topological polar surface area (TPSA) is 64.6 Å². The number of carbonyl (C=O) groups excluding carboxylic acids is 2. The van der Waals surface area contributed by atoms with Gasteiger partial charge in [-0.05, 0) is 24.5 Å². The number of methoxy groups -OCH3 is 1. The van der Waals surface area contributed by atoms with E-state index in [-0.39, 0.29) is 23.7 Å². The maximum Gasteiger partial charge on any atom is 0.307 e. The third kappa shape index (κ3) is 5.85. The monoisotopic (exact) mass is 293 g/mol. The van der Waals surface area contributed by atoms with Gasteiger partial charge in [-0.15, -0.1) is 0 Å². The third-order valence-electron chi connectivity index (χ3n) is 2.72. The number of esters is 1. The van der Waals surface area contributed by atoms with Crippen molar-refractivity contribution in [3.05, 3.63) is 24.3 Å². The van der Waals surface area contributed by atoms with Crippen molar-refractivity contribution in [2.75, 3.05) is 12.4 Å². The standard InChI is InChI=1S/C16H23NO4/c1-11(21-14(18)10-16(2,3)4)15(19)17-12-8-6-7-9-13(12)20-5/h6-9,11H,10H2,1-5H3,(H,17,19)/t11-/m0/s1. The zero-order valence-electron chi connectivity index (χ0n) is 13.2. The molecule has 1 aromatic carbocycles. The maximum absolute atomic E-state index is 12.0. The summed E-state index contributed by atoms with van der Waals surface area (Å²) in [5.41, 5.74) is 0.374. The molecule has 0 heterocycles. The summed E-state index contributed by atoms with van der Waals surface area (Å²) in [6.07, 6.45) is -0.594. The molecule has 21 heavy (non-hydrogen) atoms. The highest BCUT2D eigenvalue weighted by molar-refractivity contribution is 5.96. The molecule has 1 N–H and O–H groups in total. The molecule has 0 spiro atoms. The van der Waals surface area contributed by atoms with Crippen LogP contribution < -0.4 is 10.1 Å².